The molecule has 2 aliphatic heterocycles. The second kappa shape index (κ2) is 4.19. The number of ether oxygens (including phenoxy) is 1. The summed E-state index contributed by atoms with van der Waals surface area (Å²) < 4.78 is 5.80. The molecular weight excluding hydrogens is 230 g/mol. The van der Waals surface area contributed by atoms with Gasteiger partial charge in [0.25, 0.3) is 0 Å². The number of hydrogen-bond donors (Lipinski definition) is 1. The van der Waals surface area contributed by atoms with Crippen LogP contribution < -0.4 is 4.74 Å². The molecule has 2 aliphatic rings. The number of hydrogen-bond acceptors (Lipinski definition) is 2. The number of benzene rings is 1. The van der Waals surface area contributed by atoms with Gasteiger partial charge >= 0.3 is 6.09 Å². The molecule has 18 heavy (non-hydrogen) atoms. The number of fused-ring (bicyclic) bond motifs is 3. The summed E-state index contributed by atoms with van der Waals surface area (Å²) in [7, 11) is 0. The van der Waals surface area contributed by atoms with Crippen molar-refractivity contribution >= 4 is 6.09 Å². The Kier molecular flexibility index (Phi) is 2.65. The van der Waals surface area contributed by atoms with Crippen molar-refractivity contribution in [2.24, 2.45) is 5.92 Å². The number of aryl methyl sites for hydroxylation is 1. The molecule has 4 heteroatoms. The quantitative estimate of drug-likeness (QED) is 0.766. The van der Waals surface area contributed by atoms with E-state index < -0.39 is 6.09 Å². The third-order valence-corrected chi connectivity index (χ3v) is 4.03. The number of carboxylic acid groups (broad SMARTS) is 1. The number of carbonyl (C=O) groups is 1. The summed E-state index contributed by atoms with van der Waals surface area (Å²) >= 11 is 0. The zero-order chi connectivity index (χ0) is 12.7. The minimum Gasteiger partial charge on any atom is -0.493 e. The summed E-state index contributed by atoms with van der Waals surface area (Å²) in [6, 6.07) is 6.23. The Balaban J connectivity index is 1.96. The van der Waals surface area contributed by atoms with Crippen molar-refractivity contribution in [2.75, 3.05) is 19.7 Å². The highest BCUT2D eigenvalue weighted by Crippen LogP contribution is 2.41. The lowest BCUT2D eigenvalue weighted by molar-refractivity contribution is 0.152. The fourth-order valence-electron chi connectivity index (χ4n) is 3.07. The molecule has 0 radical (unpaired) electrons. The van der Waals surface area contributed by atoms with Crippen LogP contribution in [0.15, 0.2) is 18.2 Å². The highest BCUT2D eigenvalue weighted by atomic mass is 16.5. The molecule has 0 spiro atoms. The first-order valence-corrected chi connectivity index (χ1v) is 6.36. The third kappa shape index (κ3) is 1.82. The fourth-order valence-corrected chi connectivity index (χ4v) is 3.07. The maximum Gasteiger partial charge on any atom is 0.407 e. The molecular formula is C14H17NO3. The average molecular weight is 247 g/mol. The van der Waals surface area contributed by atoms with Crippen LogP contribution in [-0.4, -0.2) is 35.8 Å². The van der Waals surface area contributed by atoms with E-state index in [1.165, 1.54) is 16.0 Å². The van der Waals surface area contributed by atoms with E-state index in [9.17, 15) is 4.79 Å². The molecule has 0 bridgehead atoms. The van der Waals surface area contributed by atoms with Crippen molar-refractivity contribution < 1.29 is 14.6 Å². The van der Waals surface area contributed by atoms with Gasteiger partial charge in [-0.25, -0.2) is 4.79 Å². The highest BCUT2D eigenvalue weighted by Gasteiger charge is 2.38. The van der Waals surface area contributed by atoms with Crippen LogP contribution in [-0.2, 0) is 0 Å². The zero-order valence-electron chi connectivity index (χ0n) is 10.4. The third-order valence-electron chi connectivity index (χ3n) is 4.03. The van der Waals surface area contributed by atoms with Crippen LogP contribution in [0.5, 0.6) is 5.75 Å². The number of nitrogens with zero attached hydrogens (tertiary/aromatic N) is 1. The molecule has 4 nitrogen and oxygen atoms in total. The molecule has 1 aromatic rings. The Morgan fingerprint density at radius 1 is 1.44 bits per heavy atom. The molecule has 2 unspecified atom stereocenters. The molecule has 1 amide bonds. The van der Waals surface area contributed by atoms with Crippen LogP contribution in [0.3, 0.4) is 0 Å². The van der Waals surface area contributed by atoms with Crippen molar-refractivity contribution in [3.05, 3.63) is 29.3 Å². The van der Waals surface area contributed by atoms with Crippen molar-refractivity contribution in [1.82, 2.24) is 4.90 Å². The van der Waals surface area contributed by atoms with E-state index in [1.54, 1.807) is 0 Å². The molecule has 0 aromatic heterocycles. The van der Waals surface area contributed by atoms with Gasteiger partial charge in [0.05, 0.1) is 6.61 Å². The first-order valence-electron chi connectivity index (χ1n) is 6.36. The predicted octanol–water partition coefficient (Wildman–Crippen LogP) is 2.47. The Hall–Kier alpha value is -1.71. The van der Waals surface area contributed by atoms with Crippen molar-refractivity contribution in [3.63, 3.8) is 0 Å². The normalized spacial score (nSPS) is 25.9. The molecule has 96 valence electrons. The fraction of sp³-hybridized carbons (Fsp3) is 0.500. The summed E-state index contributed by atoms with van der Waals surface area (Å²) in [5.41, 5.74) is 2.35. The summed E-state index contributed by atoms with van der Waals surface area (Å²) in [4.78, 5) is 12.6. The lowest BCUT2D eigenvalue weighted by Crippen LogP contribution is -2.27. The van der Waals surface area contributed by atoms with Gasteiger partial charge in [-0.1, -0.05) is 12.1 Å². The monoisotopic (exact) mass is 247 g/mol. The number of likely N-dealkylation sites (tertiary alicyclic amines) is 1. The van der Waals surface area contributed by atoms with Gasteiger partial charge in [-0.15, -0.1) is 0 Å². The smallest absolute Gasteiger partial charge is 0.407 e. The number of rotatable bonds is 0. The van der Waals surface area contributed by atoms with Crippen LogP contribution in [0.25, 0.3) is 0 Å². The van der Waals surface area contributed by atoms with Crippen molar-refractivity contribution in [3.8, 4) is 5.75 Å². The summed E-state index contributed by atoms with van der Waals surface area (Å²) in [5, 5.41) is 9.12. The summed E-state index contributed by atoms with van der Waals surface area (Å²) in [6.07, 6.45) is 0.125. The zero-order valence-corrected chi connectivity index (χ0v) is 10.4. The molecule has 1 aromatic carbocycles. The van der Waals surface area contributed by atoms with Gasteiger partial charge in [0.2, 0.25) is 0 Å². The van der Waals surface area contributed by atoms with Crippen LogP contribution in [0.1, 0.15) is 23.5 Å². The van der Waals surface area contributed by atoms with Crippen LogP contribution in [0, 0.1) is 12.8 Å². The van der Waals surface area contributed by atoms with Crippen LogP contribution >= 0.6 is 0 Å². The first-order chi connectivity index (χ1) is 8.65. The lowest BCUT2D eigenvalue weighted by Gasteiger charge is -2.16. The molecule has 1 N–H and O–H groups in total. The molecule has 3 rings (SSSR count). The molecule has 1 fully saturated rings. The van der Waals surface area contributed by atoms with Gasteiger partial charge in [0, 0.05) is 19.0 Å². The van der Waals surface area contributed by atoms with Gasteiger partial charge in [-0.2, -0.15) is 0 Å². The molecule has 2 atom stereocenters. The maximum absolute atomic E-state index is 11.1. The van der Waals surface area contributed by atoms with Gasteiger partial charge in [0.15, 0.2) is 0 Å². The molecule has 0 aliphatic carbocycles. The Morgan fingerprint density at radius 3 is 3.06 bits per heavy atom. The van der Waals surface area contributed by atoms with E-state index in [2.05, 4.69) is 18.2 Å². The molecule has 0 saturated carbocycles. The first kappa shape index (κ1) is 11.4. The largest absolute Gasteiger partial charge is 0.493 e. The summed E-state index contributed by atoms with van der Waals surface area (Å²) in [6.45, 7) is 3.96. The van der Waals surface area contributed by atoms with E-state index in [0.717, 1.165) is 12.2 Å². The maximum atomic E-state index is 11.1. The highest BCUT2D eigenvalue weighted by molar-refractivity contribution is 5.65. The Morgan fingerprint density at radius 2 is 2.28 bits per heavy atom. The minimum absolute atomic E-state index is 0.291. The van der Waals surface area contributed by atoms with Gasteiger partial charge in [-0.3, -0.25) is 0 Å². The molecule has 1 saturated heterocycles. The van der Waals surface area contributed by atoms with E-state index >= 15 is 0 Å². The van der Waals surface area contributed by atoms with E-state index in [0.29, 0.717) is 31.5 Å². The lowest BCUT2D eigenvalue weighted by atomic mass is 9.87. The van der Waals surface area contributed by atoms with E-state index in [1.807, 2.05) is 6.92 Å². The van der Waals surface area contributed by atoms with E-state index in [-0.39, 0.29) is 0 Å². The van der Waals surface area contributed by atoms with E-state index in [4.69, 9.17) is 9.84 Å². The summed E-state index contributed by atoms with van der Waals surface area (Å²) in [5.74, 6) is 1.62. The van der Waals surface area contributed by atoms with Gasteiger partial charge < -0.3 is 14.7 Å². The van der Waals surface area contributed by atoms with Gasteiger partial charge in [-0.05, 0) is 36.5 Å². The molecule has 2 heterocycles. The number of amides is 1. The SMILES string of the molecule is Cc1ccc2c(c1)OCCC1CN(C(=O)O)CC21. The van der Waals surface area contributed by atoms with Crippen molar-refractivity contribution in [2.45, 2.75) is 19.3 Å². The van der Waals surface area contributed by atoms with Gasteiger partial charge in [0.1, 0.15) is 5.75 Å². The standard InChI is InChI=1S/C14H17NO3/c1-9-2-3-11-12-8-15(14(16)17)7-10(12)4-5-18-13(11)6-9/h2-3,6,10,12H,4-5,7-8H2,1H3,(H,16,17). The van der Waals surface area contributed by atoms with Crippen LogP contribution in [0.2, 0.25) is 0 Å². The average Bonchev–Trinajstić information content (AvgIpc) is 2.67. The topological polar surface area (TPSA) is 49.8 Å². The van der Waals surface area contributed by atoms with Crippen LogP contribution in [0.4, 0.5) is 4.79 Å². The Bertz CT molecular complexity index is 486. The minimum atomic E-state index is -0.808. The van der Waals surface area contributed by atoms with Crippen molar-refractivity contribution in [1.29, 1.82) is 0 Å². The second-order valence-corrected chi connectivity index (χ2v) is 5.23. The predicted molar refractivity (Wildman–Crippen MR) is 67.1 cm³/mol. The second-order valence-electron chi connectivity index (χ2n) is 5.23. The Labute approximate surface area is 106 Å².